The van der Waals surface area contributed by atoms with E-state index in [0.717, 1.165) is 15.6 Å². The maximum atomic E-state index is 6.22. The number of hydrogen-bond acceptors (Lipinski definition) is 1. The van der Waals surface area contributed by atoms with Crippen LogP contribution in [0.25, 0.3) is 0 Å². The van der Waals surface area contributed by atoms with Crippen LogP contribution in [0.2, 0.25) is 10.0 Å². The molecule has 17 heavy (non-hydrogen) atoms. The lowest BCUT2D eigenvalue weighted by molar-refractivity contribution is 0.871. The highest BCUT2D eigenvalue weighted by Gasteiger charge is 2.13. The van der Waals surface area contributed by atoms with E-state index < -0.39 is 0 Å². The number of nitrogens with two attached hydrogens (primary N) is 1. The van der Waals surface area contributed by atoms with Gasteiger partial charge in [0, 0.05) is 9.50 Å². The predicted molar refractivity (Wildman–Crippen MR) is 76.6 cm³/mol. The molecule has 0 aliphatic rings. The Kier molecular flexibility index (Phi) is 4.10. The first-order valence-electron chi connectivity index (χ1n) is 5.04. The van der Waals surface area contributed by atoms with Crippen molar-refractivity contribution in [1.82, 2.24) is 0 Å². The molecule has 0 bridgehead atoms. The molecular formula is C13H10BrCl2N. The van der Waals surface area contributed by atoms with Crippen molar-refractivity contribution in [2.45, 2.75) is 6.04 Å². The van der Waals surface area contributed by atoms with Gasteiger partial charge in [-0.1, -0.05) is 47.5 Å². The van der Waals surface area contributed by atoms with Crippen molar-refractivity contribution in [2.75, 3.05) is 0 Å². The first-order valence-corrected chi connectivity index (χ1v) is 6.59. The van der Waals surface area contributed by atoms with E-state index >= 15 is 0 Å². The fourth-order valence-electron chi connectivity index (χ4n) is 1.61. The molecule has 1 nitrogen and oxygen atoms in total. The summed E-state index contributed by atoms with van der Waals surface area (Å²) >= 11 is 15.5. The van der Waals surface area contributed by atoms with E-state index in [0.29, 0.717) is 10.0 Å². The maximum Gasteiger partial charge on any atom is 0.0599 e. The average Bonchev–Trinajstić information content (AvgIpc) is 2.33. The molecule has 2 N–H and O–H groups in total. The zero-order chi connectivity index (χ0) is 12.4. The molecule has 0 saturated heterocycles. The fourth-order valence-corrected chi connectivity index (χ4v) is 2.36. The van der Waals surface area contributed by atoms with E-state index in [1.807, 2.05) is 42.5 Å². The topological polar surface area (TPSA) is 26.0 Å². The Hall–Kier alpha value is -0.540. The van der Waals surface area contributed by atoms with Crippen molar-refractivity contribution >= 4 is 39.1 Å². The molecule has 1 unspecified atom stereocenters. The van der Waals surface area contributed by atoms with Crippen LogP contribution in [0.15, 0.2) is 46.9 Å². The second kappa shape index (κ2) is 5.40. The molecule has 2 aromatic carbocycles. The molecular weight excluding hydrogens is 321 g/mol. The van der Waals surface area contributed by atoms with Crippen LogP contribution < -0.4 is 5.73 Å². The van der Waals surface area contributed by atoms with Gasteiger partial charge in [0.2, 0.25) is 0 Å². The van der Waals surface area contributed by atoms with Crippen LogP contribution in [-0.4, -0.2) is 0 Å². The van der Waals surface area contributed by atoms with Crippen LogP contribution >= 0.6 is 39.1 Å². The number of benzene rings is 2. The van der Waals surface area contributed by atoms with Crippen LogP contribution in [0, 0.1) is 0 Å². The minimum absolute atomic E-state index is 0.253. The summed E-state index contributed by atoms with van der Waals surface area (Å²) in [5, 5.41) is 1.34. The molecule has 0 fully saturated rings. The summed E-state index contributed by atoms with van der Waals surface area (Å²) < 4.78 is 0.848. The zero-order valence-electron chi connectivity index (χ0n) is 8.83. The molecule has 88 valence electrons. The highest BCUT2D eigenvalue weighted by molar-refractivity contribution is 9.10. The Labute approximate surface area is 119 Å². The number of hydrogen-bond donors (Lipinski definition) is 1. The third-order valence-corrected chi connectivity index (χ3v) is 4.11. The molecule has 2 rings (SSSR count). The van der Waals surface area contributed by atoms with E-state index in [1.54, 1.807) is 0 Å². The molecule has 0 aliphatic heterocycles. The minimum Gasteiger partial charge on any atom is -0.320 e. The molecule has 0 aromatic heterocycles. The van der Waals surface area contributed by atoms with Crippen molar-refractivity contribution < 1.29 is 0 Å². The summed E-state index contributed by atoms with van der Waals surface area (Å²) in [6, 6.07) is 12.9. The van der Waals surface area contributed by atoms with E-state index in [-0.39, 0.29) is 6.04 Å². The summed E-state index contributed by atoms with van der Waals surface area (Å²) in [5.74, 6) is 0. The Morgan fingerprint density at radius 3 is 2.29 bits per heavy atom. The van der Waals surface area contributed by atoms with Gasteiger partial charge in [0.05, 0.1) is 11.1 Å². The third kappa shape index (κ3) is 2.83. The molecule has 0 amide bonds. The van der Waals surface area contributed by atoms with Crippen molar-refractivity contribution in [3.63, 3.8) is 0 Å². The van der Waals surface area contributed by atoms with Gasteiger partial charge in [0.1, 0.15) is 0 Å². The van der Waals surface area contributed by atoms with Crippen molar-refractivity contribution in [3.05, 3.63) is 68.1 Å². The normalized spacial score (nSPS) is 12.5. The number of rotatable bonds is 2. The highest BCUT2D eigenvalue weighted by Crippen LogP contribution is 2.32. The Balaban J connectivity index is 2.40. The largest absolute Gasteiger partial charge is 0.320 e. The summed E-state index contributed by atoms with van der Waals surface area (Å²) in [4.78, 5) is 0. The fraction of sp³-hybridized carbons (Fsp3) is 0.0769. The summed E-state index contributed by atoms with van der Waals surface area (Å²) in [6.07, 6.45) is 0. The first kappa shape index (κ1) is 12.9. The SMILES string of the molecule is NC(c1ccc(Cl)cc1)c1cccc(Br)c1Cl. The van der Waals surface area contributed by atoms with Gasteiger partial charge in [-0.25, -0.2) is 0 Å². The van der Waals surface area contributed by atoms with Crippen LogP contribution in [0.4, 0.5) is 0 Å². The van der Waals surface area contributed by atoms with Gasteiger partial charge in [-0.2, -0.15) is 0 Å². The second-order valence-corrected chi connectivity index (χ2v) is 5.34. The van der Waals surface area contributed by atoms with Crippen molar-refractivity contribution in [2.24, 2.45) is 5.73 Å². The van der Waals surface area contributed by atoms with Crippen LogP contribution in [-0.2, 0) is 0 Å². The maximum absolute atomic E-state index is 6.22. The highest BCUT2D eigenvalue weighted by atomic mass is 79.9. The Morgan fingerprint density at radius 1 is 1.00 bits per heavy atom. The summed E-state index contributed by atoms with van der Waals surface area (Å²) in [5.41, 5.74) is 8.06. The molecule has 0 saturated carbocycles. The van der Waals surface area contributed by atoms with Gasteiger partial charge in [-0.05, 0) is 45.3 Å². The van der Waals surface area contributed by atoms with Crippen LogP contribution in [0.3, 0.4) is 0 Å². The molecule has 1 atom stereocenters. The van der Waals surface area contributed by atoms with Gasteiger partial charge in [-0.15, -0.1) is 0 Å². The lowest BCUT2D eigenvalue weighted by Crippen LogP contribution is -2.12. The van der Waals surface area contributed by atoms with Gasteiger partial charge < -0.3 is 5.73 Å². The van der Waals surface area contributed by atoms with Crippen molar-refractivity contribution in [3.8, 4) is 0 Å². The Bertz CT molecular complexity index is 525. The monoisotopic (exact) mass is 329 g/mol. The minimum atomic E-state index is -0.253. The zero-order valence-corrected chi connectivity index (χ0v) is 11.9. The summed E-state index contributed by atoms with van der Waals surface area (Å²) in [7, 11) is 0. The molecule has 2 aromatic rings. The average molecular weight is 331 g/mol. The van der Waals surface area contributed by atoms with E-state index in [2.05, 4.69) is 15.9 Å². The van der Waals surface area contributed by atoms with Crippen molar-refractivity contribution in [1.29, 1.82) is 0 Å². The van der Waals surface area contributed by atoms with Gasteiger partial charge in [0.15, 0.2) is 0 Å². The quantitative estimate of drug-likeness (QED) is 0.840. The lowest BCUT2D eigenvalue weighted by atomic mass is 10.00. The smallest absolute Gasteiger partial charge is 0.0599 e. The predicted octanol–water partition coefficient (Wildman–Crippen LogP) is 4.80. The van der Waals surface area contributed by atoms with E-state index in [1.165, 1.54) is 0 Å². The number of halogens is 3. The first-order chi connectivity index (χ1) is 8.09. The molecule has 0 spiro atoms. The molecule has 0 heterocycles. The van der Waals surface area contributed by atoms with Gasteiger partial charge >= 0.3 is 0 Å². The lowest BCUT2D eigenvalue weighted by Gasteiger charge is -2.15. The van der Waals surface area contributed by atoms with Gasteiger partial charge in [-0.3, -0.25) is 0 Å². The summed E-state index contributed by atoms with van der Waals surface area (Å²) in [6.45, 7) is 0. The van der Waals surface area contributed by atoms with Crippen LogP contribution in [0.1, 0.15) is 17.2 Å². The third-order valence-electron chi connectivity index (χ3n) is 2.55. The van der Waals surface area contributed by atoms with E-state index in [4.69, 9.17) is 28.9 Å². The molecule has 0 radical (unpaired) electrons. The van der Waals surface area contributed by atoms with Gasteiger partial charge in [0.25, 0.3) is 0 Å². The second-order valence-electron chi connectivity index (χ2n) is 3.67. The Morgan fingerprint density at radius 2 is 1.65 bits per heavy atom. The molecule has 4 heteroatoms. The standard InChI is InChI=1S/C13H10BrCl2N/c14-11-3-1-2-10(12(11)16)13(17)8-4-6-9(15)7-5-8/h1-7,13H,17H2. The molecule has 0 aliphatic carbocycles. The van der Waals surface area contributed by atoms with E-state index in [9.17, 15) is 0 Å². The van der Waals surface area contributed by atoms with Crippen LogP contribution in [0.5, 0.6) is 0 Å².